The topological polar surface area (TPSA) is 29.4 Å². The van der Waals surface area contributed by atoms with Gasteiger partial charge in [0.25, 0.3) is 5.92 Å². The fraction of sp³-hybridized carbons (Fsp3) is 0.500. The van der Waals surface area contributed by atoms with Crippen LogP contribution >= 0.6 is 0 Å². The molecule has 0 saturated heterocycles. The summed E-state index contributed by atoms with van der Waals surface area (Å²) in [6.45, 7) is 1.98. The highest BCUT2D eigenvalue weighted by atomic mass is 19.3. The van der Waals surface area contributed by atoms with Crippen LogP contribution in [0.4, 0.5) is 8.78 Å². The van der Waals surface area contributed by atoms with Crippen LogP contribution in [0.3, 0.4) is 0 Å². The Morgan fingerprint density at radius 1 is 1.67 bits per heavy atom. The molecule has 0 unspecified atom stereocenters. The molecule has 0 radical (unpaired) electrons. The van der Waals surface area contributed by atoms with Gasteiger partial charge in [-0.1, -0.05) is 0 Å². The normalized spacial score (nSPS) is 17.3. The molecule has 0 atom stereocenters. The van der Waals surface area contributed by atoms with E-state index in [1.807, 2.05) is 0 Å². The molecule has 1 rings (SSSR count). The summed E-state index contributed by atoms with van der Waals surface area (Å²) in [4.78, 5) is 14.5. The molecule has 4 heteroatoms. The molecule has 1 aliphatic heterocycles. The van der Waals surface area contributed by atoms with Crippen LogP contribution < -0.4 is 0 Å². The smallest absolute Gasteiger partial charge is 0.269 e. The van der Waals surface area contributed by atoms with E-state index >= 15 is 0 Å². The molecule has 0 aromatic carbocycles. The van der Waals surface area contributed by atoms with Gasteiger partial charge in [0.05, 0.1) is 6.54 Å². The highest BCUT2D eigenvalue weighted by Crippen LogP contribution is 2.28. The first-order valence-corrected chi connectivity index (χ1v) is 3.55. The molecular weight excluding hydrogens is 164 g/mol. The number of nitrogens with zero attached hydrogens (tertiary/aromatic N) is 1. The number of carbonyl (C=O) groups is 1. The summed E-state index contributed by atoms with van der Waals surface area (Å²) in [6.07, 6.45) is 1.22. The number of allylic oxidation sites excluding steroid dienone is 1. The van der Waals surface area contributed by atoms with Crippen molar-refractivity contribution in [1.29, 1.82) is 0 Å². The van der Waals surface area contributed by atoms with Crippen LogP contribution in [0, 0.1) is 0 Å². The minimum Gasteiger partial charge on any atom is -0.294 e. The predicted molar refractivity (Wildman–Crippen MR) is 41.7 cm³/mol. The molecule has 0 N–H and O–H groups in total. The van der Waals surface area contributed by atoms with Crippen molar-refractivity contribution in [2.45, 2.75) is 19.8 Å². The largest absolute Gasteiger partial charge is 0.294 e. The van der Waals surface area contributed by atoms with Crippen LogP contribution in [-0.4, -0.2) is 24.5 Å². The molecule has 0 bridgehead atoms. The number of carbonyl (C=O) groups excluding carboxylic acids is 1. The maximum atomic E-state index is 12.7. The number of hydrogen-bond donors (Lipinski definition) is 0. The zero-order chi connectivity index (χ0) is 9.35. The molecule has 12 heavy (non-hydrogen) atoms. The number of hydrogen-bond acceptors (Lipinski definition) is 2. The van der Waals surface area contributed by atoms with E-state index in [9.17, 15) is 13.6 Å². The maximum absolute atomic E-state index is 12.7. The third-order valence-corrected chi connectivity index (χ3v) is 1.70. The fourth-order valence-electron chi connectivity index (χ4n) is 1.07. The van der Waals surface area contributed by atoms with Gasteiger partial charge in [-0.05, 0) is 6.92 Å². The third kappa shape index (κ3) is 1.57. The van der Waals surface area contributed by atoms with Gasteiger partial charge in [-0.15, -0.1) is 0 Å². The Balaban J connectivity index is 3.05. The average Bonchev–Trinajstić information content (AvgIpc) is 2.30. The van der Waals surface area contributed by atoms with E-state index in [2.05, 4.69) is 4.99 Å². The minimum atomic E-state index is -2.93. The van der Waals surface area contributed by atoms with Crippen molar-refractivity contribution in [2.75, 3.05) is 6.54 Å². The first kappa shape index (κ1) is 9.03. The van der Waals surface area contributed by atoms with Crippen molar-refractivity contribution in [1.82, 2.24) is 0 Å². The van der Waals surface area contributed by atoms with E-state index in [1.54, 1.807) is 0 Å². The quantitative estimate of drug-likeness (QED) is 0.623. The number of aliphatic imine (C=N–C) groups is 1. The molecule has 0 aliphatic carbocycles. The summed E-state index contributed by atoms with van der Waals surface area (Å²) in [5, 5.41) is 0. The molecule has 0 aromatic rings. The van der Waals surface area contributed by atoms with E-state index in [-0.39, 0.29) is 23.5 Å². The first-order chi connectivity index (χ1) is 5.43. The number of ketones is 1. The van der Waals surface area contributed by atoms with Crippen LogP contribution in [0.1, 0.15) is 13.8 Å². The Labute approximate surface area is 69.0 Å². The van der Waals surface area contributed by atoms with Gasteiger partial charge in [-0.3, -0.25) is 9.79 Å². The monoisotopic (exact) mass is 173 g/mol. The molecule has 0 fully saturated rings. The molecule has 66 valence electrons. The standard InChI is InChI=1S/C8H9F2NO/c1-5(12)6-3-11-4-7(6)8(2,9)10/h3H,4H2,1-2H3. The van der Waals surface area contributed by atoms with E-state index in [0.29, 0.717) is 0 Å². The second kappa shape index (κ2) is 2.77. The van der Waals surface area contributed by atoms with Crippen LogP contribution in [-0.2, 0) is 4.79 Å². The fourth-order valence-corrected chi connectivity index (χ4v) is 1.07. The summed E-state index contributed by atoms with van der Waals surface area (Å²) < 4.78 is 25.5. The van der Waals surface area contributed by atoms with Gasteiger partial charge in [0.15, 0.2) is 5.78 Å². The number of halogens is 2. The van der Waals surface area contributed by atoms with Gasteiger partial charge < -0.3 is 0 Å². The van der Waals surface area contributed by atoms with Crippen molar-refractivity contribution in [3.63, 3.8) is 0 Å². The van der Waals surface area contributed by atoms with Gasteiger partial charge in [-0.25, -0.2) is 8.78 Å². The average molecular weight is 173 g/mol. The SMILES string of the molecule is CC(=O)C1=C(C(C)(F)F)CN=C1. The second-order valence-electron chi connectivity index (χ2n) is 2.81. The van der Waals surface area contributed by atoms with E-state index in [4.69, 9.17) is 0 Å². The lowest BCUT2D eigenvalue weighted by Crippen LogP contribution is -2.18. The van der Waals surface area contributed by atoms with Crippen LogP contribution in [0.15, 0.2) is 16.1 Å². The highest BCUT2D eigenvalue weighted by Gasteiger charge is 2.33. The highest BCUT2D eigenvalue weighted by molar-refractivity contribution is 6.14. The van der Waals surface area contributed by atoms with Crippen molar-refractivity contribution >= 4 is 12.0 Å². The van der Waals surface area contributed by atoms with Crippen molar-refractivity contribution in [2.24, 2.45) is 4.99 Å². The summed E-state index contributed by atoms with van der Waals surface area (Å²) in [6, 6.07) is 0. The molecule has 1 heterocycles. The molecule has 0 saturated carbocycles. The van der Waals surface area contributed by atoms with E-state index < -0.39 is 5.92 Å². The van der Waals surface area contributed by atoms with Gasteiger partial charge in [0.2, 0.25) is 0 Å². The van der Waals surface area contributed by atoms with Crippen molar-refractivity contribution in [3.8, 4) is 0 Å². The zero-order valence-electron chi connectivity index (χ0n) is 6.90. The molecule has 0 amide bonds. The Morgan fingerprint density at radius 2 is 2.25 bits per heavy atom. The van der Waals surface area contributed by atoms with Gasteiger partial charge in [0.1, 0.15) is 0 Å². The molecular formula is C8H9F2NO. The van der Waals surface area contributed by atoms with Gasteiger partial charge in [-0.2, -0.15) is 0 Å². The Kier molecular flexibility index (Phi) is 2.08. The molecule has 0 aromatic heterocycles. The Morgan fingerprint density at radius 3 is 2.58 bits per heavy atom. The van der Waals surface area contributed by atoms with E-state index in [1.165, 1.54) is 13.1 Å². The minimum absolute atomic E-state index is 0.0571. The molecule has 0 spiro atoms. The summed E-state index contributed by atoms with van der Waals surface area (Å²) in [7, 11) is 0. The lowest BCUT2D eigenvalue weighted by Gasteiger charge is -2.11. The lowest BCUT2D eigenvalue weighted by molar-refractivity contribution is -0.113. The summed E-state index contributed by atoms with van der Waals surface area (Å²) in [5.74, 6) is -3.29. The second-order valence-corrected chi connectivity index (χ2v) is 2.81. The van der Waals surface area contributed by atoms with Crippen LogP contribution in [0.25, 0.3) is 0 Å². The molecule has 1 aliphatic rings. The van der Waals surface area contributed by atoms with Crippen molar-refractivity contribution in [3.05, 3.63) is 11.1 Å². The number of Topliss-reactive ketones (excluding diaryl/α,β-unsaturated/α-hetero) is 1. The van der Waals surface area contributed by atoms with E-state index in [0.717, 1.165) is 6.92 Å². The zero-order valence-corrected chi connectivity index (χ0v) is 6.90. The third-order valence-electron chi connectivity index (χ3n) is 1.70. The molecule has 2 nitrogen and oxygen atoms in total. The number of rotatable bonds is 2. The Bertz CT molecular complexity index is 273. The van der Waals surface area contributed by atoms with Crippen LogP contribution in [0.5, 0.6) is 0 Å². The number of alkyl halides is 2. The van der Waals surface area contributed by atoms with Crippen LogP contribution in [0.2, 0.25) is 0 Å². The predicted octanol–water partition coefficient (Wildman–Crippen LogP) is 1.61. The Hall–Kier alpha value is -1.06. The van der Waals surface area contributed by atoms with Gasteiger partial charge in [0, 0.05) is 24.3 Å². The maximum Gasteiger partial charge on any atom is 0.269 e. The van der Waals surface area contributed by atoms with Gasteiger partial charge >= 0.3 is 0 Å². The summed E-state index contributed by atoms with van der Waals surface area (Å²) >= 11 is 0. The first-order valence-electron chi connectivity index (χ1n) is 3.55. The van der Waals surface area contributed by atoms with Crippen molar-refractivity contribution < 1.29 is 13.6 Å². The summed E-state index contributed by atoms with van der Waals surface area (Å²) in [5.41, 5.74) is -0.113. The lowest BCUT2D eigenvalue weighted by atomic mass is 10.0.